The zero-order chi connectivity index (χ0) is 18.5. The van der Waals surface area contributed by atoms with Crippen molar-refractivity contribution in [3.63, 3.8) is 0 Å². The summed E-state index contributed by atoms with van der Waals surface area (Å²) in [4.78, 5) is 24.1. The molecule has 7 nitrogen and oxygen atoms in total. The van der Waals surface area contributed by atoms with Gasteiger partial charge in [-0.3, -0.25) is 9.36 Å². The fourth-order valence-corrected chi connectivity index (χ4v) is 2.53. The maximum absolute atomic E-state index is 13.4. The third-order valence-electron chi connectivity index (χ3n) is 3.67. The highest BCUT2D eigenvalue weighted by molar-refractivity contribution is 5.76. The number of alkyl halides is 2. The van der Waals surface area contributed by atoms with E-state index in [9.17, 15) is 13.6 Å². The van der Waals surface area contributed by atoms with E-state index >= 15 is 0 Å². The number of rotatable bonds is 7. The van der Waals surface area contributed by atoms with Gasteiger partial charge in [0, 0.05) is 18.9 Å². The molecule has 3 rings (SSSR count). The van der Waals surface area contributed by atoms with E-state index in [1.165, 1.54) is 6.92 Å². The minimum Gasteiger partial charge on any atom is -0.454 e. The standard InChI is InChI=1S/C17H17F2N5O2/c1-11(26-14(25)7-10-22-17-20-8-4-9-21-17)15-23-12-5-2-3-6-13(12)24(15)16(18)19/h2-6,8-9,11,16H,7,10H2,1H3,(H,20,21,22). The Balaban J connectivity index is 1.64. The second kappa shape index (κ2) is 7.85. The van der Waals surface area contributed by atoms with Gasteiger partial charge in [-0.1, -0.05) is 12.1 Å². The molecule has 0 bridgehead atoms. The molecule has 0 saturated heterocycles. The number of fused-ring (bicyclic) bond motifs is 1. The number of benzene rings is 1. The molecule has 136 valence electrons. The van der Waals surface area contributed by atoms with Gasteiger partial charge in [0.05, 0.1) is 17.5 Å². The van der Waals surface area contributed by atoms with Crippen LogP contribution in [-0.2, 0) is 9.53 Å². The summed E-state index contributed by atoms with van der Waals surface area (Å²) >= 11 is 0. The molecule has 9 heteroatoms. The van der Waals surface area contributed by atoms with Crippen LogP contribution in [0.3, 0.4) is 0 Å². The van der Waals surface area contributed by atoms with Gasteiger partial charge in [0.25, 0.3) is 0 Å². The van der Waals surface area contributed by atoms with Crippen LogP contribution >= 0.6 is 0 Å². The van der Waals surface area contributed by atoms with Crippen LogP contribution in [0.25, 0.3) is 11.0 Å². The van der Waals surface area contributed by atoms with Crippen LogP contribution < -0.4 is 5.32 Å². The largest absolute Gasteiger partial charge is 0.454 e. The van der Waals surface area contributed by atoms with E-state index in [1.54, 1.807) is 42.7 Å². The van der Waals surface area contributed by atoms with Gasteiger partial charge in [0.2, 0.25) is 5.95 Å². The highest BCUT2D eigenvalue weighted by Crippen LogP contribution is 2.28. The summed E-state index contributed by atoms with van der Waals surface area (Å²) in [5, 5.41) is 2.88. The normalized spacial score (nSPS) is 12.3. The molecule has 2 aromatic heterocycles. The molecule has 1 unspecified atom stereocenters. The van der Waals surface area contributed by atoms with Crippen LogP contribution in [0.1, 0.15) is 31.8 Å². The lowest BCUT2D eigenvalue weighted by Crippen LogP contribution is -2.17. The number of anilines is 1. The van der Waals surface area contributed by atoms with Crippen molar-refractivity contribution in [2.75, 3.05) is 11.9 Å². The fraction of sp³-hybridized carbons (Fsp3) is 0.294. The monoisotopic (exact) mass is 361 g/mol. The first kappa shape index (κ1) is 17.7. The van der Waals surface area contributed by atoms with Crippen molar-refractivity contribution in [2.45, 2.75) is 26.0 Å². The smallest absolute Gasteiger partial charge is 0.320 e. The number of imidazole rings is 1. The van der Waals surface area contributed by atoms with Gasteiger partial charge in [-0.05, 0) is 25.1 Å². The van der Waals surface area contributed by atoms with Crippen molar-refractivity contribution in [1.29, 1.82) is 0 Å². The van der Waals surface area contributed by atoms with Crippen LogP contribution in [0.4, 0.5) is 14.7 Å². The van der Waals surface area contributed by atoms with E-state index in [0.29, 0.717) is 17.0 Å². The first-order valence-electron chi connectivity index (χ1n) is 8.01. The van der Waals surface area contributed by atoms with Gasteiger partial charge in [0.15, 0.2) is 11.9 Å². The van der Waals surface area contributed by atoms with E-state index < -0.39 is 18.6 Å². The van der Waals surface area contributed by atoms with Crippen LogP contribution in [0.2, 0.25) is 0 Å². The Morgan fingerprint density at radius 1 is 1.23 bits per heavy atom. The highest BCUT2D eigenvalue weighted by Gasteiger charge is 2.24. The molecule has 1 N–H and O–H groups in total. The van der Waals surface area contributed by atoms with Gasteiger partial charge >= 0.3 is 12.5 Å². The van der Waals surface area contributed by atoms with Crippen molar-refractivity contribution < 1.29 is 18.3 Å². The number of esters is 1. The van der Waals surface area contributed by atoms with Crippen LogP contribution in [0.15, 0.2) is 42.7 Å². The maximum atomic E-state index is 13.4. The number of aromatic nitrogens is 4. The second-order valence-electron chi connectivity index (χ2n) is 5.49. The number of nitrogens with zero attached hydrogens (tertiary/aromatic N) is 4. The summed E-state index contributed by atoms with van der Waals surface area (Å²) in [6.07, 6.45) is 2.28. The molecule has 2 heterocycles. The predicted molar refractivity (Wildman–Crippen MR) is 90.6 cm³/mol. The van der Waals surface area contributed by atoms with Crippen LogP contribution in [0, 0.1) is 0 Å². The zero-order valence-corrected chi connectivity index (χ0v) is 14.0. The zero-order valence-electron chi connectivity index (χ0n) is 14.0. The summed E-state index contributed by atoms with van der Waals surface area (Å²) in [7, 11) is 0. The van der Waals surface area contributed by atoms with E-state index in [0.717, 1.165) is 4.57 Å². The Labute approximate surface area is 148 Å². The quantitative estimate of drug-likeness (QED) is 0.650. The summed E-state index contributed by atoms with van der Waals surface area (Å²) in [6.45, 7) is -0.998. The Bertz CT molecular complexity index is 885. The molecule has 0 radical (unpaired) electrons. The number of nitrogens with one attached hydrogen (secondary N) is 1. The average molecular weight is 361 g/mol. The first-order valence-corrected chi connectivity index (χ1v) is 8.01. The lowest BCUT2D eigenvalue weighted by Gasteiger charge is -2.15. The number of carbonyl (C=O) groups is 1. The molecule has 1 aromatic carbocycles. The number of ether oxygens (including phenoxy) is 1. The molecule has 0 aliphatic rings. The van der Waals surface area contributed by atoms with Gasteiger partial charge in [-0.25, -0.2) is 15.0 Å². The lowest BCUT2D eigenvalue weighted by molar-refractivity contribution is -0.149. The number of halogens is 2. The highest BCUT2D eigenvalue weighted by atomic mass is 19.3. The molecule has 0 aliphatic carbocycles. The molecule has 0 spiro atoms. The fourth-order valence-electron chi connectivity index (χ4n) is 2.53. The lowest BCUT2D eigenvalue weighted by atomic mass is 10.3. The molecular formula is C17H17F2N5O2. The number of hydrogen-bond donors (Lipinski definition) is 1. The molecule has 1 atom stereocenters. The minimum absolute atomic E-state index is 0.00824. The minimum atomic E-state index is -2.78. The van der Waals surface area contributed by atoms with Gasteiger partial charge < -0.3 is 10.1 Å². The van der Waals surface area contributed by atoms with Gasteiger partial charge in [-0.15, -0.1) is 0 Å². The van der Waals surface area contributed by atoms with Crippen molar-refractivity contribution >= 4 is 23.0 Å². The first-order chi connectivity index (χ1) is 12.6. The summed E-state index contributed by atoms with van der Waals surface area (Å²) in [5.41, 5.74) is 0.719. The summed E-state index contributed by atoms with van der Waals surface area (Å²) in [5.74, 6) is -0.129. The summed E-state index contributed by atoms with van der Waals surface area (Å²) in [6, 6.07) is 8.23. The molecule has 0 fully saturated rings. The molecule has 0 saturated carbocycles. The number of hydrogen-bond acceptors (Lipinski definition) is 6. The molecule has 3 aromatic rings. The Hall–Kier alpha value is -3.10. The molecule has 0 aliphatic heterocycles. The third kappa shape index (κ3) is 3.93. The Morgan fingerprint density at radius 3 is 2.69 bits per heavy atom. The van der Waals surface area contributed by atoms with Crippen molar-refractivity contribution in [2.24, 2.45) is 0 Å². The molecule has 26 heavy (non-hydrogen) atoms. The maximum Gasteiger partial charge on any atom is 0.320 e. The van der Waals surface area contributed by atoms with E-state index in [4.69, 9.17) is 4.74 Å². The molecule has 0 amide bonds. The van der Waals surface area contributed by atoms with Crippen LogP contribution in [0.5, 0.6) is 0 Å². The Morgan fingerprint density at radius 2 is 1.96 bits per heavy atom. The van der Waals surface area contributed by atoms with Gasteiger partial charge in [-0.2, -0.15) is 8.78 Å². The van der Waals surface area contributed by atoms with E-state index in [1.807, 2.05) is 0 Å². The topological polar surface area (TPSA) is 81.9 Å². The average Bonchev–Trinajstić information content (AvgIpc) is 3.02. The van der Waals surface area contributed by atoms with E-state index in [2.05, 4.69) is 20.3 Å². The van der Waals surface area contributed by atoms with Crippen molar-refractivity contribution in [1.82, 2.24) is 19.5 Å². The molecular weight excluding hydrogens is 344 g/mol. The third-order valence-corrected chi connectivity index (χ3v) is 3.67. The summed E-state index contributed by atoms with van der Waals surface area (Å²) < 4.78 is 32.9. The predicted octanol–water partition coefficient (Wildman–Crippen LogP) is 3.33. The van der Waals surface area contributed by atoms with Crippen molar-refractivity contribution in [3.8, 4) is 0 Å². The van der Waals surface area contributed by atoms with E-state index in [-0.39, 0.29) is 18.8 Å². The Kier molecular flexibility index (Phi) is 5.35. The second-order valence-corrected chi connectivity index (χ2v) is 5.49. The SMILES string of the molecule is CC(OC(=O)CCNc1ncccn1)c1nc2ccccc2n1C(F)F. The number of carbonyl (C=O) groups excluding carboxylic acids is 1. The van der Waals surface area contributed by atoms with Crippen molar-refractivity contribution in [3.05, 3.63) is 48.5 Å². The van der Waals surface area contributed by atoms with Gasteiger partial charge in [0.1, 0.15) is 0 Å². The van der Waals surface area contributed by atoms with Crippen LogP contribution in [-0.4, -0.2) is 32.0 Å². The number of para-hydroxylation sites is 2.